The van der Waals surface area contributed by atoms with Crippen LogP contribution in [0.2, 0.25) is 0 Å². The van der Waals surface area contributed by atoms with Crippen LogP contribution in [0.25, 0.3) is 0 Å². The fourth-order valence-corrected chi connectivity index (χ4v) is 3.82. The normalized spacial score (nSPS) is 18.5. The number of rotatable bonds is 4. The van der Waals surface area contributed by atoms with Crippen molar-refractivity contribution in [1.82, 2.24) is 9.80 Å². The van der Waals surface area contributed by atoms with Gasteiger partial charge in [0.05, 0.1) is 0 Å². The average Bonchev–Trinajstić information content (AvgIpc) is 3.15. The third kappa shape index (κ3) is 4.14. The monoisotopic (exact) mass is 344 g/mol. The highest BCUT2D eigenvalue weighted by atomic mass is 16.5. The molecule has 0 N–H and O–H groups in total. The highest BCUT2D eigenvalue weighted by Gasteiger charge is 2.31. The van der Waals surface area contributed by atoms with Gasteiger partial charge in [-0.15, -0.1) is 0 Å². The number of carbonyl (C=O) groups is 2. The fourth-order valence-electron chi connectivity index (χ4n) is 3.82. The number of hydrogen-bond acceptors (Lipinski definition) is 3. The number of likely N-dealkylation sites (tertiary alicyclic amines) is 2. The Kier molecular flexibility index (Phi) is 5.61. The van der Waals surface area contributed by atoms with Crippen LogP contribution in [0.1, 0.15) is 36.8 Å². The van der Waals surface area contributed by atoms with Gasteiger partial charge in [-0.1, -0.05) is 18.2 Å². The minimum Gasteiger partial charge on any atom is -0.483 e. The Bertz CT molecular complexity index is 610. The Labute approximate surface area is 149 Å². The number of hydrogen-bond donors (Lipinski definition) is 0. The lowest BCUT2D eigenvalue weighted by Crippen LogP contribution is -2.45. The van der Waals surface area contributed by atoms with Crippen LogP contribution in [0.15, 0.2) is 18.2 Å². The van der Waals surface area contributed by atoms with Gasteiger partial charge in [0.25, 0.3) is 5.91 Å². The molecule has 0 saturated carbocycles. The van der Waals surface area contributed by atoms with Gasteiger partial charge in [-0.3, -0.25) is 9.59 Å². The molecule has 0 bridgehead atoms. The third-order valence-corrected chi connectivity index (χ3v) is 5.36. The predicted octanol–water partition coefficient (Wildman–Crippen LogP) is 2.54. The lowest BCUT2D eigenvalue weighted by molar-refractivity contribution is -0.140. The molecule has 25 heavy (non-hydrogen) atoms. The van der Waals surface area contributed by atoms with Crippen molar-refractivity contribution in [2.75, 3.05) is 32.8 Å². The van der Waals surface area contributed by atoms with Crippen molar-refractivity contribution < 1.29 is 14.3 Å². The maximum Gasteiger partial charge on any atom is 0.260 e. The Morgan fingerprint density at radius 3 is 2.20 bits per heavy atom. The molecule has 2 fully saturated rings. The first-order chi connectivity index (χ1) is 12.1. The van der Waals surface area contributed by atoms with E-state index in [1.165, 1.54) is 0 Å². The van der Waals surface area contributed by atoms with Crippen LogP contribution in [-0.4, -0.2) is 54.4 Å². The average molecular weight is 344 g/mol. The number of ether oxygens (including phenoxy) is 1. The molecule has 2 amide bonds. The van der Waals surface area contributed by atoms with Crippen molar-refractivity contribution in [2.45, 2.75) is 39.5 Å². The van der Waals surface area contributed by atoms with Crippen molar-refractivity contribution >= 4 is 11.8 Å². The lowest BCUT2D eigenvalue weighted by atomic mass is 9.95. The minimum atomic E-state index is 0.00900. The maximum absolute atomic E-state index is 12.5. The zero-order valence-corrected chi connectivity index (χ0v) is 15.3. The quantitative estimate of drug-likeness (QED) is 0.843. The number of aryl methyl sites for hydroxylation is 2. The van der Waals surface area contributed by atoms with Crippen LogP contribution in [0.3, 0.4) is 0 Å². The fraction of sp³-hybridized carbons (Fsp3) is 0.600. The number of benzene rings is 1. The van der Waals surface area contributed by atoms with Crippen molar-refractivity contribution in [3.05, 3.63) is 29.3 Å². The van der Waals surface area contributed by atoms with Crippen molar-refractivity contribution in [2.24, 2.45) is 5.92 Å². The van der Waals surface area contributed by atoms with E-state index < -0.39 is 0 Å². The van der Waals surface area contributed by atoms with Gasteiger partial charge in [0.2, 0.25) is 5.91 Å². The molecule has 0 atom stereocenters. The van der Waals surface area contributed by atoms with Gasteiger partial charge in [-0.05, 0) is 50.7 Å². The summed E-state index contributed by atoms with van der Waals surface area (Å²) in [5, 5.41) is 0. The number of para-hydroxylation sites is 1. The Hall–Kier alpha value is -2.04. The van der Waals surface area contributed by atoms with Gasteiger partial charge in [0.1, 0.15) is 5.75 Å². The van der Waals surface area contributed by atoms with Crippen molar-refractivity contribution in [1.29, 1.82) is 0 Å². The smallest absolute Gasteiger partial charge is 0.260 e. The van der Waals surface area contributed by atoms with Gasteiger partial charge in [0.15, 0.2) is 6.61 Å². The standard InChI is InChI=1S/C20H28N2O3/c1-15-6-5-7-16(2)19(15)25-14-18(23)21-12-8-17(9-13-21)20(24)22-10-3-4-11-22/h5-7,17H,3-4,8-14H2,1-2H3. The van der Waals surface area contributed by atoms with Gasteiger partial charge in [-0.2, -0.15) is 0 Å². The zero-order valence-electron chi connectivity index (χ0n) is 15.3. The van der Waals surface area contributed by atoms with E-state index in [-0.39, 0.29) is 24.3 Å². The van der Waals surface area contributed by atoms with Crippen LogP contribution < -0.4 is 4.74 Å². The first-order valence-corrected chi connectivity index (χ1v) is 9.32. The molecule has 2 aliphatic rings. The molecule has 5 heteroatoms. The predicted molar refractivity (Wildman–Crippen MR) is 96.5 cm³/mol. The summed E-state index contributed by atoms with van der Waals surface area (Å²) in [7, 11) is 0. The summed E-state index contributed by atoms with van der Waals surface area (Å²) >= 11 is 0. The summed E-state index contributed by atoms with van der Waals surface area (Å²) in [5.41, 5.74) is 2.09. The lowest BCUT2D eigenvalue weighted by Gasteiger charge is -2.33. The molecule has 0 radical (unpaired) electrons. The summed E-state index contributed by atoms with van der Waals surface area (Å²) in [6, 6.07) is 5.96. The molecular weight excluding hydrogens is 316 g/mol. The molecule has 3 rings (SSSR count). The minimum absolute atomic E-state index is 0.00900. The van der Waals surface area contributed by atoms with Crippen LogP contribution >= 0.6 is 0 Å². The summed E-state index contributed by atoms with van der Waals surface area (Å²) in [4.78, 5) is 28.7. The van der Waals surface area contributed by atoms with E-state index in [2.05, 4.69) is 0 Å². The highest BCUT2D eigenvalue weighted by Crippen LogP contribution is 2.24. The molecule has 136 valence electrons. The van der Waals surface area contributed by atoms with Crippen LogP contribution in [-0.2, 0) is 9.59 Å². The first kappa shape index (κ1) is 17.8. The van der Waals surface area contributed by atoms with E-state index in [4.69, 9.17) is 4.74 Å². The zero-order chi connectivity index (χ0) is 17.8. The third-order valence-electron chi connectivity index (χ3n) is 5.36. The number of piperidine rings is 1. The summed E-state index contributed by atoms with van der Waals surface area (Å²) in [6.07, 6.45) is 3.78. The van der Waals surface area contributed by atoms with Gasteiger partial charge in [-0.25, -0.2) is 0 Å². The molecule has 2 saturated heterocycles. The second-order valence-corrected chi connectivity index (χ2v) is 7.20. The van der Waals surface area contributed by atoms with Gasteiger partial charge >= 0.3 is 0 Å². The summed E-state index contributed by atoms with van der Waals surface area (Å²) < 4.78 is 5.77. The van der Waals surface area contributed by atoms with E-state index >= 15 is 0 Å². The van der Waals surface area contributed by atoms with Gasteiger partial charge in [0, 0.05) is 32.1 Å². The van der Waals surface area contributed by atoms with Crippen LogP contribution in [0.4, 0.5) is 0 Å². The number of carbonyl (C=O) groups excluding carboxylic acids is 2. The molecule has 1 aromatic carbocycles. The summed E-state index contributed by atoms with van der Waals surface area (Å²) in [6.45, 7) is 7.16. The largest absolute Gasteiger partial charge is 0.483 e. The number of amides is 2. The van der Waals surface area contributed by atoms with E-state index in [1.54, 1.807) is 0 Å². The Morgan fingerprint density at radius 1 is 1.00 bits per heavy atom. The molecule has 0 aliphatic carbocycles. The van der Waals surface area contributed by atoms with Crippen molar-refractivity contribution in [3.63, 3.8) is 0 Å². The van der Waals surface area contributed by atoms with E-state index in [0.717, 1.165) is 55.6 Å². The first-order valence-electron chi connectivity index (χ1n) is 9.32. The topological polar surface area (TPSA) is 49.9 Å². The number of nitrogens with zero attached hydrogens (tertiary/aromatic N) is 2. The molecule has 0 spiro atoms. The molecule has 1 aromatic rings. The summed E-state index contributed by atoms with van der Waals surface area (Å²) in [5.74, 6) is 1.18. The van der Waals surface area contributed by atoms with Crippen molar-refractivity contribution in [3.8, 4) is 5.75 Å². The van der Waals surface area contributed by atoms with Gasteiger partial charge < -0.3 is 14.5 Å². The second-order valence-electron chi connectivity index (χ2n) is 7.20. The molecule has 5 nitrogen and oxygen atoms in total. The van der Waals surface area contributed by atoms with Crippen LogP contribution in [0.5, 0.6) is 5.75 Å². The van der Waals surface area contributed by atoms with Crippen LogP contribution in [0, 0.1) is 19.8 Å². The second kappa shape index (κ2) is 7.89. The van der Waals surface area contributed by atoms with E-state index in [9.17, 15) is 9.59 Å². The Balaban J connectivity index is 1.47. The van der Waals surface area contributed by atoms with E-state index in [0.29, 0.717) is 13.1 Å². The molecule has 0 aromatic heterocycles. The molecule has 2 heterocycles. The maximum atomic E-state index is 12.5. The molecular formula is C20H28N2O3. The SMILES string of the molecule is Cc1cccc(C)c1OCC(=O)N1CCC(C(=O)N2CCCC2)CC1. The molecule has 2 aliphatic heterocycles. The van der Waals surface area contributed by atoms with E-state index in [1.807, 2.05) is 41.8 Å². The highest BCUT2D eigenvalue weighted by molar-refractivity contribution is 5.81. The molecule has 0 unspecified atom stereocenters. The Morgan fingerprint density at radius 2 is 1.60 bits per heavy atom.